The van der Waals surface area contributed by atoms with Crippen LogP contribution in [0.1, 0.15) is 12.0 Å². The van der Waals surface area contributed by atoms with Gasteiger partial charge >= 0.3 is 6.18 Å². The van der Waals surface area contributed by atoms with Crippen LogP contribution in [0.2, 0.25) is 10.0 Å². The Balaban J connectivity index is 2.52. The van der Waals surface area contributed by atoms with Gasteiger partial charge in [0.15, 0.2) is 5.82 Å². The van der Waals surface area contributed by atoms with E-state index in [1.54, 1.807) is 0 Å². The van der Waals surface area contributed by atoms with E-state index in [2.05, 4.69) is 9.97 Å². The first-order valence-electron chi connectivity index (χ1n) is 4.34. The standard InChI is InChI=1S/C9H4Cl2F4N2/c10-3-1-5-6(2-4(3)11)17-8(16-5)7(12)9(13,14)15/h1-2,7H,(H,16,17). The molecule has 0 fully saturated rings. The van der Waals surface area contributed by atoms with E-state index < -0.39 is 18.2 Å². The van der Waals surface area contributed by atoms with Crippen LogP contribution in [0.5, 0.6) is 0 Å². The molecule has 1 aromatic carbocycles. The Hall–Kier alpha value is -1.01. The maximum atomic E-state index is 13.0. The molecule has 2 nitrogen and oxygen atoms in total. The summed E-state index contributed by atoms with van der Waals surface area (Å²) in [4.78, 5) is 5.71. The summed E-state index contributed by atoms with van der Waals surface area (Å²) in [7, 11) is 0. The van der Waals surface area contributed by atoms with Gasteiger partial charge in [-0.3, -0.25) is 0 Å². The third-order valence-corrected chi connectivity index (χ3v) is 2.79. The Kier molecular flexibility index (Phi) is 2.95. The molecule has 0 saturated heterocycles. The second-order valence-electron chi connectivity index (χ2n) is 3.31. The molecule has 8 heteroatoms. The number of benzene rings is 1. The second-order valence-corrected chi connectivity index (χ2v) is 4.12. The highest BCUT2D eigenvalue weighted by Crippen LogP contribution is 2.36. The zero-order valence-electron chi connectivity index (χ0n) is 7.95. The summed E-state index contributed by atoms with van der Waals surface area (Å²) in [5.74, 6) is -0.814. The van der Waals surface area contributed by atoms with Crippen LogP contribution in [0.3, 0.4) is 0 Å². The van der Waals surface area contributed by atoms with Crippen LogP contribution >= 0.6 is 23.2 Å². The van der Waals surface area contributed by atoms with E-state index in [4.69, 9.17) is 23.2 Å². The van der Waals surface area contributed by atoms with Gasteiger partial charge in [0.05, 0.1) is 21.1 Å². The molecule has 0 aliphatic rings. The molecule has 0 radical (unpaired) electrons. The molecular weight excluding hydrogens is 283 g/mol. The van der Waals surface area contributed by atoms with Crippen molar-refractivity contribution in [3.8, 4) is 0 Å². The van der Waals surface area contributed by atoms with Crippen molar-refractivity contribution in [3.63, 3.8) is 0 Å². The highest BCUT2D eigenvalue weighted by Gasteiger charge is 2.43. The summed E-state index contributed by atoms with van der Waals surface area (Å²) < 4.78 is 49.4. The molecule has 0 saturated carbocycles. The number of aromatic amines is 1. The highest BCUT2D eigenvalue weighted by molar-refractivity contribution is 6.42. The van der Waals surface area contributed by atoms with Gasteiger partial charge in [0.2, 0.25) is 0 Å². The number of hydrogen-bond acceptors (Lipinski definition) is 1. The molecule has 0 amide bonds. The first-order valence-corrected chi connectivity index (χ1v) is 5.10. The lowest BCUT2D eigenvalue weighted by Gasteiger charge is -2.08. The van der Waals surface area contributed by atoms with Crippen molar-refractivity contribution in [1.82, 2.24) is 9.97 Å². The van der Waals surface area contributed by atoms with E-state index in [1.165, 1.54) is 12.1 Å². The molecule has 92 valence electrons. The predicted octanol–water partition coefficient (Wildman–Crippen LogP) is 4.44. The average molecular weight is 287 g/mol. The minimum Gasteiger partial charge on any atom is -0.339 e. The Morgan fingerprint density at radius 3 is 2.35 bits per heavy atom. The number of alkyl halides is 4. The second kappa shape index (κ2) is 4.03. The molecule has 17 heavy (non-hydrogen) atoms. The van der Waals surface area contributed by atoms with Gasteiger partial charge in [0.25, 0.3) is 6.17 Å². The Bertz CT molecular complexity index is 525. The van der Waals surface area contributed by atoms with Crippen molar-refractivity contribution in [3.05, 3.63) is 28.0 Å². The molecule has 0 spiro atoms. The number of halogens is 6. The molecule has 1 aromatic heterocycles. The smallest absolute Gasteiger partial charge is 0.339 e. The fourth-order valence-electron chi connectivity index (χ4n) is 1.30. The van der Waals surface area contributed by atoms with E-state index in [1.807, 2.05) is 0 Å². The van der Waals surface area contributed by atoms with Gasteiger partial charge in [-0.15, -0.1) is 0 Å². The first kappa shape index (κ1) is 12.4. The van der Waals surface area contributed by atoms with Crippen LogP contribution in [0, 0.1) is 0 Å². The molecule has 2 aromatic rings. The molecule has 1 N–H and O–H groups in total. The van der Waals surface area contributed by atoms with Gasteiger partial charge in [0, 0.05) is 0 Å². The van der Waals surface area contributed by atoms with Crippen molar-refractivity contribution >= 4 is 34.2 Å². The molecule has 2 rings (SSSR count). The largest absolute Gasteiger partial charge is 0.427 e. The van der Waals surface area contributed by atoms with Gasteiger partial charge in [-0.2, -0.15) is 13.2 Å². The lowest BCUT2D eigenvalue weighted by molar-refractivity contribution is -0.184. The average Bonchev–Trinajstić information content (AvgIpc) is 2.59. The quantitative estimate of drug-likeness (QED) is 0.771. The third kappa shape index (κ3) is 2.32. The molecule has 1 atom stereocenters. The number of fused-ring (bicyclic) bond motifs is 1. The third-order valence-electron chi connectivity index (χ3n) is 2.07. The number of H-pyrrole nitrogens is 1. The van der Waals surface area contributed by atoms with E-state index in [0.717, 1.165) is 0 Å². The number of aromatic nitrogens is 2. The Labute approximate surface area is 103 Å². The number of rotatable bonds is 1. The van der Waals surface area contributed by atoms with Crippen molar-refractivity contribution in [2.75, 3.05) is 0 Å². The molecule has 0 aliphatic carbocycles. The fourth-order valence-corrected chi connectivity index (χ4v) is 1.62. The Morgan fingerprint density at radius 1 is 1.18 bits per heavy atom. The van der Waals surface area contributed by atoms with Gasteiger partial charge in [-0.1, -0.05) is 23.2 Å². The van der Waals surface area contributed by atoms with Crippen LogP contribution < -0.4 is 0 Å². The summed E-state index contributed by atoms with van der Waals surface area (Å²) in [6.07, 6.45) is -8.16. The molecule has 1 heterocycles. The van der Waals surface area contributed by atoms with Crippen LogP contribution in [0.4, 0.5) is 17.6 Å². The maximum absolute atomic E-state index is 13.0. The minimum atomic E-state index is -5.00. The van der Waals surface area contributed by atoms with E-state index in [-0.39, 0.29) is 21.1 Å². The molecule has 1 unspecified atom stereocenters. The van der Waals surface area contributed by atoms with E-state index in [0.29, 0.717) is 0 Å². The summed E-state index contributed by atoms with van der Waals surface area (Å²) in [6, 6.07) is 2.56. The monoisotopic (exact) mass is 286 g/mol. The van der Waals surface area contributed by atoms with Gasteiger partial charge in [-0.05, 0) is 12.1 Å². The maximum Gasteiger partial charge on any atom is 0.427 e. The molecule has 0 bridgehead atoms. The van der Waals surface area contributed by atoms with Crippen LogP contribution in [0.25, 0.3) is 11.0 Å². The number of nitrogens with zero attached hydrogens (tertiary/aromatic N) is 1. The zero-order chi connectivity index (χ0) is 12.8. The normalized spacial score (nSPS) is 14.2. The topological polar surface area (TPSA) is 28.7 Å². The summed E-state index contributed by atoms with van der Waals surface area (Å²) >= 11 is 11.3. The molecule has 0 aliphatic heterocycles. The summed E-state index contributed by atoms with van der Waals surface area (Å²) in [5, 5.41) is 0.288. The van der Waals surface area contributed by atoms with Gasteiger partial charge in [-0.25, -0.2) is 9.37 Å². The predicted molar refractivity (Wildman–Crippen MR) is 56.0 cm³/mol. The van der Waals surface area contributed by atoms with E-state index in [9.17, 15) is 17.6 Å². The minimum absolute atomic E-state index is 0.126. The van der Waals surface area contributed by atoms with Crippen molar-refractivity contribution in [2.45, 2.75) is 12.3 Å². The number of hydrogen-bond donors (Lipinski definition) is 1. The number of nitrogens with one attached hydrogen (secondary N) is 1. The van der Waals surface area contributed by atoms with Crippen LogP contribution in [0.15, 0.2) is 12.1 Å². The fraction of sp³-hybridized carbons (Fsp3) is 0.222. The molecular formula is C9H4Cl2F4N2. The summed E-state index contributed by atoms with van der Waals surface area (Å²) in [6.45, 7) is 0. The lowest BCUT2D eigenvalue weighted by Crippen LogP contribution is -2.17. The van der Waals surface area contributed by atoms with Crippen molar-refractivity contribution in [2.24, 2.45) is 0 Å². The van der Waals surface area contributed by atoms with Crippen molar-refractivity contribution in [1.29, 1.82) is 0 Å². The first-order chi connectivity index (χ1) is 7.79. The highest BCUT2D eigenvalue weighted by atomic mass is 35.5. The summed E-state index contributed by atoms with van der Waals surface area (Å²) in [5.41, 5.74) is 0.322. The van der Waals surface area contributed by atoms with E-state index >= 15 is 0 Å². The SMILES string of the molecule is FC(c1nc2cc(Cl)c(Cl)cc2[nH]1)C(F)(F)F. The van der Waals surface area contributed by atoms with Crippen LogP contribution in [-0.4, -0.2) is 16.1 Å². The van der Waals surface area contributed by atoms with Gasteiger partial charge < -0.3 is 4.98 Å². The number of imidazole rings is 1. The van der Waals surface area contributed by atoms with Gasteiger partial charge in [0.1, 0.15) is 0 Å². The zero-order valence-corrected chi connectivity index (χ0v) is 9.46. The lowest BCUT2D eigenvalue weighted by atomic mass is 10.3. The van der Waals surface area contributed by atoms with Crippen molar-refractivity contribution < 1.29 is 17.6 Å². The van der Waals surface area contributed by atoms with Crippen LogP contribution in [-0.2, 0) is 0 Å². The Morgan fingerprint density at radius 2 is 1.76 bits per heavy atom.